The maximum Gasteiger partial charge on any atom is 0.269 e. The molecule has 0 amide bonds. The molecule has 0 radical (unpaired) electrons. The predicted molar refractivity (Wildman–Crippen MR) is 90.1 cm³/mol. The number of nitro benzene ring substituents is 1. The van der Waals surface area contributed by atoms with Gasteiger partial charge in [0.2, 0.25) is 5.13 Å². The molecular weight excluding hydrogens is 334 g/mol. The Morgan fingerprint density at radius 2 is 2.17 bits per heavy atom. The molecule has 0 bridgehead atoms. The van der Waals surface area contributed by atoms with Gasteiger partial charge in [0.15, 0.2) is 4.34 Å². The van der Waals surface area contributed by atoms with Crippen LogP contribution in [0.2, 0.25) is 0 Å². The van der Waals surface area contributed by atoms with Crippen LogP contribution in [0.15, 0.2) is 53.1 Å². The molecule has 3 aromatic rings. The largest absolute Gasteiger partial charge is 0.329 e. The quantitative estimate of drug-likeness (QED) is 0.411. The number of nitrogens with one attached hydrogen (secondary N) is 1. The highest BCUT2D eigenvalue weighted by Crippen LogP contribution is 2.30. The van der Waals surface area contributed by atoms with Gasteiger partial charge in [0.05, 0.1) is 16.8 Å². The average Bonchev–Trinajstić information content (AvgIpc) is 3.01. The fraction of sp³-hybridized carbons (Fsp3) is 0.0714. The van der Waals surface area contributed by atoms with Gasteiger partial charge in [-0.15, -0.1) is 10.2 Å². The predicted octanol–water partition coefficient (Wildman–Crippen LogP) is 3.88. The van der Waals surface area contributed by atoms with Gasteiger partial charge in [-0.3, -0.25) is 15.1 Å². The van der Waals surface area contributed by atoms with Crippen LogP contribution in [0.3, 0.4) is 0 Å². The Hall–Kier alpha value is -2.52. The third-order valence-corrected chi connectivity index (χ3v) is 4.85. The molecule has 23 heavy (non-hydrogen) atoms. The van der Waals surface area contributed by atoms with Crippen molar-refractivity contribution in [3.8, 4) is 0 Å². The summed E-state index contributed by atoms with van der Waals surface area (Å²) in [6, 6.07) is 10.3. The maximum atomic E-state index is 10.8. The number of nitrogens with zero attached hydrogens (tertiary/aromatic N) is 4. The number of anilines is 2. The molecule has 116 valence electrons. The maximum absolute atomic E-state index is 10.8. The minimum absolute atomic E-state index is 0.0966. The van der Waals surface area contributed by atoms with Crippen molar-refractivity contribution in [3.63, 3.8) is 0 Å². The van der Waals surface area contributed by atoms with Gasteiger partial charge in [0.25, 0.3) is 5.69 Å². The fourth-order valence-corrected chi connectivity index (χ4v) is 3.50. The standard InChI is InChI=1S/C14H11N5O2S2/c20-19(21)12-5-1-3-10(7-12)9-22-14-18-17-13(23-14)16-11-4-2-6-15-8-11/h1-8H,9H2,(H,16,17). The highest BCUT2D eigenvalue weighted by molar-refractivity contribution is 8.00. The summed E-state index contributed by atoms with van der Waals surface area (Å²) in [5.74, 6) is 0.600. The number of hydrogen-bond acceptors (Lipinski definition) is 8. The summed E-state index contributed by atoms with van der Waals surface area (Å²) in [4.78, 5) is 14.4. The van der Waals surface area contributed by atoms with E-state index in [9.17, 15) is 10.1 Å². The highest BCUT2D eigenvalue weighted by Gasteiger charge is 2.08. The van der Waals surface area contributed by atoms with Gasteiger partial charge in [-0.05, 0) is 17.7 Å². The van der Waals surface area contributed by atoms with Crippen molar-refractivity contribution in [2.24, 2.45) is 0 Å². The number of aromatic nitrogens is 3. The highest BCUT2D eigenvalue weighted by atomic mass is 32.2. The fourth-order valence-electron chi connectivity index (χ4n) is 1.78. The van der Waals surface area contributed by atoms with E-state index in [1.807, 2.05) is 18.2 Å². The van der Waals surface area contributed by atoms with Crippen LogP contribution in [0, 0.1) is 10.1 Å². The van der Waals surface area contributed by atoms with Crippen LogP contribution < -0.4 is 5.32 Å². The molecule has 9 heteroatoms. The monoisotopic (exact) mass is 345 g/mol. The zero-order valence-corrected chi connectivity index (χ0v) is 13.4. The summed E-state index contributed by atoms with van der Waals surface area (Å²) >= 11 is 2.92. The zero-order chi connectivity index (χ0) is 16.1. The normalized spacial score (nSPS) is 10.4. The second-order valence-electron chi connectivity index (χ2n) is 4.46. The first kappa shape index (κ1) is 15.4. The summed E-state index contributed by atoms with van der Waals surface area (Å²) in [6.45, 7) is 0. The molecule has 2 aromatic heterocycles. The molecule has 1 aromatic carbocycles. The molecule has 3 rings (SSSR count). The second kappa shape index (κ2) is 7.16. The molecule has 2 heterocycles. The molecule has 0 spiro atoms. The van der Waals surface area contributed by atoms with E-state index in [-0.39, 0.29) is 5.69 Å². The molecule has 0 aliphatic heterocycles. The Morgan fingerprint density at radius 3 is 2.96 bits per heavy atom. The number of pyridine rings is 1. The Bertz CT molecular complexity index is 810. The number of benzene rings is 1. The SMILES string of the molecule is O=[N+]([O-])c1cccc(CSc2nnc(Nc3cccnc3)s2)c1. The van der Waals surface area contributed by atoms with E-state index in [1.165, 1.54) is 29.2 Å². The van der Waals surface area contributed by atoms with Crippen molar-refractivity contribution < 1.29 is 4.92 Å². The lowest BCUT2D eigenvalue weighted by atomic mass is 10.2. The van der Waals surface area contributed by atoms with Gasteiger partial charge in [-0.25, -0.2) is 0 Å². The second-order valence-corrected chi connectivity index (χ2v) is 6.66. The molecular formula is C14H11N5O2S2. The van der Waals surface area contributed by atoms with Crippen molar-refractivity contribution in [3.05, 3.63) is 64.5 Å². The van der Waals surface area contributed by atoms with E-state index in [4.69, 9.17) is 0 Å². The molecule has 0 aliphatic rings. The van der Waals surface area contributed by atoms with E-state index in [1.54, 1.807) is 24.5 Å². The van der Waals surface area contributed by atoms with Gasteiger partial charge in [0, 0.05) is 24.1 Å². The van der Waals surface area contributed by atoms with Crippen LogP contribution in [-0.4, -0.2) is 20.1 Å². The van der Waals surface area contributed by atoms with Crippen LogP contribution in [0.5, 0.6) is 0 Å². The van der Waals surface area contributed by atoms with Gasteiger partial charge in [0.1, 0.15) is 0 Å². The van der Waals surface area contributed by atoms with E-state index < -0.39 is 4.92 Å². The summed E-state index contributed by atoms with van der Waals surface area (Å²) in [6.07, 6.45) is 3.41. The van der Waals surface area contributed by atoms with Crippen molar-refractivity contribution in [1.29, 1.82) is 0 Å². The number of hydrogen-bond donors (Lipinski definition) is 1. The smallest absolute Gasteiger partial charge is 0.269 e. The van der Waals surface area contributed by atoms with Crippen LogP contribution in [-0.2, 0) is 5.75 Å². The lowest BCUT2D eigenvalue weighted by Gasteiger charge is -1.99. The number of non-ortho nitro benzene ring substituents is 1. The Balaban J connectivity index is 1.61. The molecule has 0 aliphatic carbocycles. The number of rotatable bonds is 6. The number of nitro groups is 1. The van der Waals surface area contributed by atoms with Gasteiger partial charge >= 0.3 is 0 Å². The first-order valence-electron chi connectivity index (χ1n) is 6.57. The third kappa shape index (κ3) is 4.24. The Morgan fingerprint density at radius 1 is 1.26 bits per heavy atom. The van der Waals surface area contributed by atoms with E-state index in [0.29, 0.717) is 10.9 Å². The number of thioether (sulfide) groups is 1. The third-order valence-electron chi connectivity index (χ3n) is 2.80. The van der Waals surface area contributed by atoms with Crippen LogP contribution in [0.4, 0.5) is 16.5 Å². The Labute approximate surface area is 140 Å². The van der Waals surface area contributed by atoms with E-state index in [2.05, 4.69) is 20.5 Å². The van der Waals surface area contributed by atoms with Crippen molar-refractivity contribution in [1.82, 2.24) is 15.2 Å². The molecule has 0 saturated carbocycles. The zero-order valence-electron chi connectivity index (χ0n) is 11.7. The van der Waals surface area contributed by atoms with E-state index >= 15 is 0 Å². The molecule has 0 saturated heterocycles. The summed E-state index contributed by atoms with van der Waals surface area (Å²) in [7, 11) is 0. The van der Waals surface area contributed by atoms with Gasteiger partial charge < -0.3 is 5.32 Å². The molecule has 0 fully saturated rings. The minimum Gasteiger partial charge on any atom is -0.329 e. The topological polar surface area (TPSA) is 93.8 Å². The lowest BCUT2D eigenvalue weighted by molar-refractivity contribution is -0.384. The molecule has 7 nitrogen and oxygen atoms in total. The van der Waals surface area contributed by atoms with Crippen molar-refractivity contribution in [2.45, 2.75) is 10.1 Å². The summed E-state index contributed by atoms with van der Waals surface area (Å²) in [5, 5.41) is 22.7. The van der Waals surface area contributed by atoms with Crippen molar-refractivity contribution in [2.75, 3.05) is 5.32 Å². The van der Waals surface area contributed by atoms with E-state index in [0.717, 1.165) is 15.6 Å². The van der Waals surface area contributed by atoms with Crippen LogP contribution in [0.25, 0.3) is 0 Å². The first-order valence-corrected chi connectivity index (χ1v) is 8.37. The van der Waals surface area contributed by atoms with Crippen LogP contribution in [0.1, 0.15) is 5.56 Å². The average molecular weight is 345 g/mol. The molecule has 0 unspecified atom stereocenters. The minimum atomic E-state index is -0.394. The lowest BCUT2D eigenvalue weighted by Crippen LogP contribution is -1.89. The Kier molecular flexibility index (Phi) is 4.79. The van der Waals surface area contributed by atoms with Gasteiger partial charge in [-0.2, -0.15) is 0 Å². The summed E-state index contributed by atoms with van der Waals surface area (Å²) in [5.41, 5.74) is 1.82. The summed E-state index contributed by atoms with van der Waals surface area (Å²) < 4.78 is 0.794. The first-order chi connectivity index (χ1) is 11.2. The molecule has 0 atom stereocenters. The van der Waals surface area contributed by atoms with Gasteiger partial charge in [-0.1, -0.05) is 35.2 Å². The van der Waals surface area contributed by atoms with Crippen LogP contribution >= 0.6 is 23.1 Å². The van der Waals surface area contributed by atoms with Crippen molar-refractivity contribution >= 4 is 39.6 Å². The molecule has 1 N–H and O–H groups in total.